The number of hydrogen-bond acceptors (Lipinski definition) is 2. The van der Waals surface area contributed by atoms with E-state index in [1.165, 1.54) is 12.1 Å². The topological polar surface area (TPSA) is 29.3 Å². The van der Waals surface area contributed by atoms with Crippen molar-refractivity contribution >= 4 is 11.4 Å². The Balaban J connectivity index is 2.24. The summed E-state index contributed by atoms with van der Waals surface area (Å²) in [4.78, 5) is 2.24. The third-order valence-electron chi connectivity index (χ3n) is 3.32. The summed E-state index contributed by atoms with van der Waals surface area (Å²) in [6, 6.07) is 4.64. The molecule has 0 aliphatic carbocycles. The average Bonchev–Trinajstić information content (AvgIpc) is 2.46. The minimum atomic E-state index is -0.267. The van der Waals surface area contributed by atoms with Gasteiger partial charge in [-0.05, 0) is 30.0 Å². The zero-order valence-corrected chi connectivity index (χ0v) is 9.20. The van der Waals surface area contributed by atoms with E-state index in [1.807, 2.05) is 0 Å². The summed E-state index contributed by atoms with van der Waals surface area (Å²) in [5.41, 5.74) is 7.31. The van der Waals surface area contributed by atoms with Gasteiger partial charge >= 0.3 is 0 Å². The lowest BCUT2D eigenvalue weighted by molar-refractivity contribution is 0.494. The van der Waals surface area contributed by atoms with Gasteiger partial charge in [0.15, 0.2) is 0 Å². The van der Waals surface area contributed by atoms with E-state index >= 15 is 0 Å². The van der Waals surface area contributed by atoms with E-state index in [1.54, 1.807) is 6.07 Å². The molecule has 1 aliphatic rings. The van der Waals surface area contributed by atoms with Crippen molar-refractivity contribution in [3.05, 3.63) is 24.0 Å². The lowest BCUT2D eigenvalue weighted by Crippen LogP contribution is -2.20. The van der Waals surface area contributed by atoms with Crippen LogP contribution in [0.1, 0.15) is 13.8 Å². The second-order valence-electron chi connectivity index (χ2n) is 4.56. The van der Waals surface area contributed by atoms with E-state index in [2.05, 4.69) is 18.7 Å². The van der Waals surface area contributed by atoms with Crippen molar-refractivity contribution in [2.75, 3.05) is 23.7 Å². The Labute approximate surface area is 89.9 Å². The fraction of sp³-hybridized carbons (Fsp3) is 0.500. The zero-order chi connectivity index (χ0) is 11.0. The first-order valence-electron chi connectivity index (χ1n) is 5.38. The number of nitrogen functional groups attached to an aromatic ring is 1. The van der Waals surface area contributed by atoms with Crippen LogP contribution in [0.2, 0.25) is 0 Å². The molecule has 2 rings (SSSR count). The number of nitrogens with zero attached hydrogens (tertiary/aromatic N) is 1. The van der Waals surface area contributed by atoms with Gasteiger partial charge in [0, 0.05) is 13.1 Å². The SMILES string of the molecule is CC1CN(c2ccc(F)cc2N)CC1C. The number of halogens is 1. The molecule has 1 saturated heterocycles. The smallest absolute Gasteiger partial charge is 0.125 e. The van der Waals surface area contributed by atoms with Crippen LogP contribution in [0.3, 0.4) is 0 Å². The summed E-state index contributed by atoms with van der Waals surface area (Å²) >= 11 is 0. The Morgan fingerprint density at radius 3 is 2.40 bits per heavy atom. The van der Waals surface area contributed by atoms with Crippen molar-refractivity contribution in [3.63, 3.8) is 0 Å². The monoisotopic (exact) mass is 208 g/mol. The summed E-state index contributed by atoms with van der Waals surface area (Å²) in [5.74, 6) is 1.08. The second kappa shape index (κ2) is 3.72. The predicted molar refractivity (Wildman–Crippen MR) is 61.4 cm³/mol. The van der Waals surface area contributed by atoms with Gasteiger partial charge in [-0.15, -0.1) is 0 Å². The molecule has 0 bridgehead atoms. The largest absolute Gasteiger partial charge is 0.397 e. The van der Waals surface area contributed by atoms with Gasteiger partial charge in [0.2, 0.25) is 0 Å². The van der Waals surface area contributed by atoms with Crippen molar-refractivity contribution in [2.45, 2.75) is 13.8 Å². The van der Waals surface area contributed by atoms with Crippen LogP contribution >= 0.6 is 0 Å². The van der Waals surface area contributed by atoms with E-state index in [0.717, 1.165) is 18.8 Å². The van der Waals surface area contributed by atoms with Gasteiger partial charge in [-0.1, -0.05) is 13.8 Å². The van der Waals surface area contributed by atoms with Gasteiger partial charge < -0.3 is 10.6 Å². The maximum Gasteiger partial charge on any atom is 0.125 e. The predicted octanol–water partition coefficient (Wildman–Crippen LogP) is 2.50. The van der Waals surface area contributed by atoms with Gasteiger partial charge in [0.05, 0.1) is 11.4 Å². The standard InChI is InChI=1S/C12H17FN2/c1-8-6-15(7-9(8)2)12-4-3-10(13)5-11(12)14/h3-5,8-9H,6-7,14H2,1-2H3. The van der Waals surface area contributed by atoms with Crippen LogP contribution in [0.5, 0.6) is 0 Å². The Bertz CT molecular complexity index is 355. The molecule has 0 aromatic heterocycles. The Hall–Kier alpha value is -1.25. The maximum atomic E-state index is 12.9. The first-order valence-corrected chi connectivity index (χ1v) is 5.38. The first kappa shape index (κ1) is 10.3. The summed E-state index contributed by atoms with van der Waals surface area (Å²) in [5, 5.41) is 0. The van der Waals surface area contributed by atoms with Crippen LogP contribution < -0.4 is 10.6 Å². The fourth-order valence-electron chi connectivity index (χ4n) is 2.14. The first-order chi connectivity index (χ1) is 7.08. The molecule has 2 atom stereocenters. The van der Waals surface area contributed by atoms with Crippen molar-refractivity contribution < 1.29 is 4.39 Å². The van der Waals surface area contributed by atoms with Crippen molar-refractivity contribution in [1.29, 1.82) is 0 Å². The molecular weight excluding hydrogens is 191 g/mol. The molecule has 0 spiro atoms. The third kappa shape index (κ3) is 1.91. The van der Waals surface area contributed by atoms with Crippen LogP contribution in [0.4, 0.5) is 15.8 Å². The number of anilines is 2. The molecular formula is C12H17FN2. The number of rotatable bonds is 1. The van der Waals surface area contributed by atoms with E-state index in [0.29, 0.717) is 17.5 Å². The molecule has 1 aliphatic heterocycles. The second-order valence-corrected chi connectivity index (χ2v) is 4.56. The lowest BCUT2D eigenvalue weighted by atomic mass is 10.0. The maximum absolute atomic E-state index is 12.9. The number of nitrogens with two attached hydrogens (primary N) is 1. The summed E-state index contributed by atoms with van der Waals surface area (Å²) < 4.78 is 12.9. The fourth-order valence-corrected chi connectivity index (χ4v) is 2.14. The summed E-state index contributed by atoms with van der Waals surface area (Å²) in [7, 11) is 0. The van der Waals surface area contributed by atoms with Gasteiger partial charge in [-0.3, -0.25) is 0 Å². The van der Waals surface area contributed by atoms with Crippen LogP contribution in [0.25, 0.3) is 0 Å². The third-order valence-corrected chi connectivity index (χ3v) is 3.32. The van der Waals surface area contributed by atoms with Crippen molar-refractivity contribution in [1.82, 2.24) is 0 Å². The number of benzene rings is 1. The molecule has 2 N–H and O–H groups in total. The van der Waals surface area contributed by atoms with Gasteiger partial charge in [-0.2, -0.15) is 0 Å². The lowest BCUT2D eigenvalue weighted by Gasteiger charge is -2.20. The van der Waals surface area contributed by atoms with Crippen molar-refractivity contribution in [3.8, 4) is 0 Å². The molecule has 1 aromatic rings. The molecule has 1 fully saturated rings. The number of hydrogen-bond donors (Lipinski definition) is 1. The van der Waals surface area contributed by atoms with Crippen molar-refractivity contribution in [2.24, 2.45) is 11.8 Å². The Kier molecular flexibility index (Phi) is 2.55. The molecule has 2 nitrogen and oxygen atoms in total. The summed E-state index contributed by atoms with van der Waals surface area (Å²) in [6.07, 6.45) is 0. The molecule has 1 heterocycles. The molecule has 0 saturated carbocycles. The van der Waals surface area contributed by atoms with Gasteiger partial charge in [0.1, 0.15) is 5.82 Å². The van der Waals surface area contributed by atoms with Gasteiger partial charge in [0.25, 0.3) is 0 Å². The minimum Gasteiger partial charge on any atom is -0.397 e. The van der Waals surface area contributed by atoms with Crippen LogP contribution in [-0.4, -0.2) is 13.1 Å². The highest BCUT2D eigenvalue weighted by Crippen LogP contribution is 2.31. The molecule has 0 radical (unpaired) electrons. The Morgan fingerprint density at radius 1 is 1.27 bits per heavy atom. The molecule has 0 amide bonds. The van der Waals surface area contributed by atoms with Crippen LogP contribution in [0.15, 0.2) is 18.2 Å². The average molecular weight is 208 g/mol. The van der Waals surface area contributed by atoms with E-state index in [-0.39, 0.29) is 5.82 Å². The highest BCUT2D eigenvalue weighted by atomic mass is 19.1. The molecule has 1 aromatic carbocycles. The van der Waals surface area contributed by atoms with E-state index in [9.17, 15) is 4.39 Å². The van der Waals surface area contributed by atoms with Crippen LogP contribution in [-0.2, 0) is 0 Å². The minimum absolute atomic E-state index is 0.267. The normalized spacial score (nSPS) is 25.9. The quantitative estimate of drug-likeness (QED) is 0.718. The highest BCUT2D eigenvalue weighted by molar-refractivity contribution is 5.67. The highest BCUT2D eigenvalue weighted by Gasteiger charge is 2.27. The molecule has 3 heteroatoms. The zero-order valence-electron chi connectivity index (χ0n) is 9.20. The van der Waals surface area contributed by atoms with E-state index in [4.69, 9.17) is 5.73 Å². The van der Waals surface area contributed by atoms with Crippen LogP contribution in [0, 0.1) is 17.7 Å². The summed E-state index contributed by atoms with van der Waals surface area (Å²) in [6.45, 7) is 6.50. The molecule has 82 valence electrons. The Morgan fingerprint density at radius 2 is 1.87 bits per heavy atom. The molecule has 15 heavy (non-hydrogen) atoms. The molecule has 2 unspecified atom stereocenters. The van der Waals surface area contributed by atoms with Gasteiger partial charge in [-0.25, -0.2) is 4.39 Å². The van der Waals surface area contributed by atoms with E-state index < -0.39 is 0 Å².